The number of nitrogens with one attached hydrogen (secondary N) is 1. The Balaban J connectivity index is 2.60. The van der Waals surface area contributed by atoms with Crippen LogP contribution >= 0.6 is 0 Å². The molecule has 74 valence electrons. The molecule has 0 saturated heterocycles. The molecular weight excluding hydrogens is 172 g/mol. The van der Waals surface area contributed by atoms with Crippen molar-refractivity contribution >= 4 is 5.69 Å². The summed E-state index contributed by atoms with van der Waals surface area (Å²) in [4.78, 5) is 0. The average Bonchev–Trinajstić information content (AvgIpc) is 2.21. The SMILES string of the molecule is CCCc1ccc(NC(C)C#N)cc1. The molecule has 0 spiro atoms. The first kappa shape index (κ1) is 10.6. The van der Waals surface area contributed by atoms with E-state index in [1.807, 2.05) is 19.1 Å². The lowest BCUT2D eigenvalue weighted by Crippen LogP contribution is -2.11. The zero-order valence-electron chi connectivity index (χ0n) is 8.75. The standard InChI is InChI=1S/C12H16N2/c1-3-4-11-5-7-12(8-6-11)14-10(2)9-13/h5-8,10,14H,3-4H2,1-2H3. The van der Waals surface area contributed by atoms with E-state index in [1.54, 1.807) is 0 Å². The van der Waals surface area contributed by atoms with Gasteiger partial charge in [0.05, 0.1) is 6.07 Å². The van der Waals surface area contributed by atoms with Crippen molar-refractivity contribution in [1.82, 2.24) is 0 Å². The molecule has 1 aromatic carbocycles. The molecule has 0 heterocycles. The third-order valence-electron chi connectivity index (χ3n) is 2.07. The van der Waals surface area contributed by atoms with Crippen LogP contribution in [0.1, 0.15) is 25.8 Å². The minimum atomic E-state index is -0.132. The van der Waals surface area contributed by atoms with Gasteiger partial charge in [-0.05, 0) is 31.0 Å². The summed E-state index contributed by atoms with van der Waals surface area (Å²) in [5.41, 5.74) is 2.36. The maximum atomic E-state index is 8.62. The first-order chi connectivity index (χ1) is 6.76. The summed E-state index contributed by atoms with van der Waals surface area (Å²) in [5.74, 6) is 0. The highest BCUT2D eigenvalue weighted by Gasteiger charge is 1.98. The van der Waals surface area contributed by atoms with E-state index in [9.17, 15) is 0 Å². The topological polar surface area (TPSA) is 35.8 Å². The van der Waals surface area contributed by atoms with E-state index in [1.165, 1.54) is 12.0 Å². The highest BCUT2D eigenvalue weighted by molar-refractivity contribution is 5.46. The van der Waals surface area contributed by atoms with Crippen molar-refractivity contribution in [3.05, 3.63) is 29.8 Å². The fourth-order valence-electron chi connectivity index (χ4n) is 1.34. The molecule has 1 N–H and O–H groups in total. The first-order valence-electron chi connectivity index (χ1n) is 5.01. The van der Waals surface area contributed by atoms with Gasteiger partial charge in [-0.1, -0.05) is 25.5 Å². The lowest BCUT2D eigenvalue weighted by molar-refractivity contribution is 0.921. The average molecular weight is 188 g/mol. The second-order valence-corrected chi connectivity index (χ2v) is 3.44. The maximum Gasteiger partial charge on any atom is 0.111 e. The van der Waals surface area contributed by atoms with Crippen LogP contribution in [-0.4, -0.2) is 6.04 Å². The lowest BCUT2D eigenvalue weighted by Gasteiger charge is -2.08. The summed E-state index contributed by atoms with van der Waals surface area (Å²) >= 11 is 0. The predicted octanol–water partition coefficient (Wildman–Crippen LogP) is 2.96. The minimum Gasteiger partial charge on any atom is -0.370 e. The van der Waals surface area contributed by atoms with Gasteiger partial charge >= 0.3 is 0 Å². The van der Waals surface area contributed by atoms with Crippen molar-refractivity contribution in [2.75, 3.05) is 5.32 Å². The lowest BCUT2D eigenvalue weighted by atomic mass is 10.1. The Labute approximate surface area is 85.6 Å². The Morgan fingerprint density at radius 2 is 2.00 bits per heavy atom. The molecular formula is C12H16N2. The molecule has 0 aromatic heterocycles. The van der Waals surface area contributed by atoms with Gasteiger partial charge in [0, 0.05) is 5.69 Å². The Morgan fingerprint density at radius 1 is 1.36 bits per heavy atom. The zero-order valence-corrected chi connectivity index (χ0v) is 8.75. The maximum absolute atomic E-state index is 8.62. The third kappa shape index (κ3) is 3.10. The molecule has 1 unspecified atom stereocenters. The van der Waals surface area contributed by atoms with Crippen molar-refractivity contribution in [2.24, 2.45) is 0 Å². The number of anilines is 1. The van der Waals surface area contributed by atoms with Crippen molar-refractivity contribution in [2.45, 2.75) is 32.7 Å². The van der Waals surface area contributed by atoms with Gasteiger partial charge in [-0.25, -0.2) is 0 Å². The number of hydrogen-bond acceptors (Lipinski definition) is 2. The minimum absolute atomic E-state index is 0.132. The van der Waals surface area contributed by atoms with Gasteiger partial charge in [-0.15, -0.1) is 0 Å². The van der Waals surface area contributed by atoms with E-state index in [2.05, 4.69) is 30.4 Å². The normalized spacial score (nSPS) is 11.8. The van der Waals surface area contributed by atoms with Gasteiger partial charge in [0.15, 0.2) is 0 Å². The molecule has 1 rings (SSSR count). The van der Waals surface area contributed by atoms with Crippen LogP contribution in [0.25, 0.3) is 0 Å². The van der Waals surface area contributed by atoms with E-state index in [0.29, 0.717) is 0 Å². The van der Waals surface area contributed by atoms with E-state index in [0.717, 1.165) is 12.1 Å². The molecule has 0 aliphatic carbocycles. The molecule has 0 fully saturated rings. The van der Waals surface area contributed by atoms with Crippen molar-refractivity contribution in [1.29, 1.82) is 5.26 Å². The molecule has 0 aliphatic heterocycles. The van der Waals surface area contributed by atoms with Crippen molar-refractivity contribution < 1.29 is 0 Å². The number of aryl methyl sites for hydroxylation is 1. The monoisotopic (exact) mass is 188 g/mol. The van der Waals surface area contributed by atoms with Crippen LogP contribution in [0, 0.1) is 11.3 Å². The molecule has 0 aliphatic rings. The van der Waals surface area contributed by atoms with Gasteiger partial charge in [0.2, 0.25) is 0 Å². The quantitative estimate of drug-likeness (QED) is 0.788. The summed E-state index contributed by atoms with van der Waals surface area (Å²) in [6.45, 7) is 4.02. The Hall–Kier alpha value is -1.49. The van der Waals surface area contributed by atoms with Gasteiger partial charge in [-0.2, -0.15) is 5.26 Å². The van der Waals surface area contributed by atoms with Crippen molar-refractivity contribution in [3.63, 3.8) is 0 Å². The Bertz CT molecular complexity index is 308. The molecule has 0 bridgehead atoms. The molecule has 1 atom stereocenters. The summed E-state index contributed by atoms with van der Waals surface area (Å²) in [6.07, 6.45) is 2.29. The predicted molar refractivity (Wildman–Crippen MR) is 59.1 cm³/mol. The largest absolute Gasteiger partial charge is 0.370 e. The second-order valence-electron chi connectivity index (χ2n) is 3.44. The van der Waals surface area contributed by atoms with Crippen LogP contribution in [0.2, 0.25) is 0 Å². The van der Waals surface area contributed by atoms with E-state index >= 15 is 0 Å². The first-order valence-corrected chi connectivity index (χ1v) is 5.01. The third-order valence-corrected chi connectivity index (χ3v) is 2.07. The van der Waals surface area contributed by atoms with Crippen molar-refractivity contribution in [3.8, 4) is 6.07 Å². The highest BCUT2D eigenvalue weighted by Crippen LogP contribution is 2.11. The number of hydrogen-bond donors (Lipinski definition) is 1. The van der Waals surface area contributed by atoms with E-state index in [-0.39, 0.29) is 6.04 Å². The number of benzene rings is 1. The molecule has 0 saturated carbocycles. The number of nitrogens with zero attached hydrogens (tertiary/aromatic N) is 1. The highest BCUT2D eigenvalue weighted by atomic mass is 14.9. The van der Waals surface area contributed by atoms with E-state index in [4.69, 9.17) is 5.26 Å². The van der Waals surface area contributed by atoms with Gasteiger partial charge in [0.1, 0.15) is 6.04 Å². The van der Waals surface area contributed by atoms with E-state index < -0.39 is 0 Å². The van der Waals surface area contributed by atoms with Gasteiger partial charge in [0.25, 0.3) is 0 Å². The fourth-order valence-corrected chi connectivity index (χ4v) is 1.34. The zero-order chi connectivity index (χ0) is 10.4. The van der Waals surface area contributed by atoms with Crippen LogP contribution < -0.4 is 5.32 Å². The molecule has 14 heavy (non-hydrogen) atoms. The van der Waals surface area contributed by atoms with Gasteiger partial charge < -0.3 is 5.32 Å². The van der Waals surface area contributed by atoms with Crippen LogP contribution in [0.4, 0.5) is 5.69 Å². The van der Waals surface area contributed by atoms with Crippen LogP contribution in [0.15, 0.2) is 24.3 Å². The molecule has 0 radical (unpaired) electrons. The molecule has 2 heteroatoms. The molecule has 1 aromatic rings. The fraction of sp³-hybridized carbons (Fsp3) is 0.417. The second kappa shape index (κ2) is 5.29. The number of rotatable bonds is 4. The summed E-state index contributed by atoms with van der Waals surface area (Å²) < 4.78 is 0. The molecule has 2 nitrogen and oxygen atoms in total. The smallest absolute Gasteiger partial charge is 0.111 e. The summed E-state index contributed by atoms with van der Waals surface area (Å²) in [6, 6.07) is 10.3. The summed E-state index contributed by atoms with van der Waals surface area (Å²) in [7, 11) is 0. The Kier molecular flexibility index (Phi) is 4.00. The summed E-state index contributed by atoms with van der Waals surface area (Å²) in [5, 5.41) is 11.7. The van der Waals surface area contributed by atoms with Crippen LogP contribution in [0.3, 0.4) is 0 Å². The van der Waals surface area contributed by atoms with Crippen LogP contribution in [0.5, 0.6) is 0 Å². The van der Waals surface area contributed by atoms with Crippen LogP contribution in [-0.2, 0) is 6.42 Å². The number of nitriles is 1. The van der Waals surface area contributed by atoms with Gasteiger partial charge in [-0.3, -0.25) is 0 Å². The molecule has 0 amide bonds. The Morgan fingerprint density at radius 3 is 2.50 bits per heavy atom.